The Morgan fingerprint density at radius 1 is 1.15 bits per heavy atom. The summed E-state index contributed by atoms with van der Waals surface area (Å²) in [5.74, 6) is 0. The fourth-order valence-corrected chi connectivity index (χ4v) is 2.67. The number of rotatable bonds is 4. The van der Waals surface area contributed by atoms with Crippen LogP contribution in [0.1, 0.15) is 36.8 Å². The van der Waals surface area contributed by atoms with Crippen molar-refractivity contribution in [2.24, 2.45) is 0 Å². The van der Waals surface area contributed by atoms with Gasteiger partial charge >= 0.3 is 6.18 Å². The van der Waals surface area contributed by atoms with Gasteiger partial charge in [0.05, 0.1) is 11.7 Å². The van der Waals surface area contributed by atoms with Crippen LogP contribution in [0.15, 0.2) is 24.3 Å². The third-order valence-corrected chi connectivity index (χ3v) is 3.85. The summed E-state index contributed by atoms with van der Waals surface area (Å²) in [6.07, 6.45) is 0.386. The Labute approximate surface area is 117 Å². The van der Waals surface area contributed by atoms with Crippen molar-refractivity contribution in [3.05, 3.63) is 35.4 Å². The molecule has 0 aliphatic heterocycles. The highest BCUT2D eigenvalue weighted by atomic mass is 19.4. The van der Waals surface area contributed by atoms with E-state index in [0.29, 0.717) is 6.54 Å². The molecule has 0 bridgehead atoms. The molecule has 1 aliphatic rings. The number of alkyl halides is 3. The molecule has 20 heavy (non-hydrogen) atoms. The minimum atomic E-state index is -4.27. The fraction of sp³-hybridized carbons (Fsp3) is 0.600. The van der Waals surface area contributed by atoms with Crippen molar-refractivity contribution in [2.75, 3.05) is 7.11 Å². The van der Waals surface area contributed by atoms with Crippen LogP contribution in [0, 0.1) is 0 Å². The van der Waals surface area contributed by atoms with Gasteiger partial charge in [0.2, 0.25) is 0 Å². The normalized spacial score (nSPS) is 23.8. The van der Waals surface area contributed by atoms with Crippen LogP contribution < -0.4 is 5.32 Å². The third kappa shape index (κ3) is 3.96. The number of hydrogen-bond donors (Lipinski definition) is 1. The van der Waals surface area contributed by atoms with Crippen LogP contribution in [-0.4, -0.2) is 19.3 Å². The number of benzene rings is 1. The molecular weight excluding hydrogens is 267 g/mol. The van der Waals surface area contributed by atoms with E-state index >= 15 is 0 Å². The molecule has 1 aliphatic carbocycles. The molecule has 0 aromatic heterocycles. The Kier molecular flexibility index (Phi) is 5.05. The molecule has 1 aromatic rings. The molecule has 1 saturated carbocycles. The second-order valence-corrected chi connectivity index (χ2v) is 5.24. The number of methoxy groups -OCH3 is 1. The minimum Gasteiger partial charge on any atom is -0.380 e. The monoisotopic (exact) mass is 287 g/mol. The first-order valence-corrected chi connectivity index (χ1v) is 6.93. The lowest BCUT2D eigenvalue weighted by molar-refractivity contribution is -0.137. The van der Waals surface area contributed by atoms with E-state index in [1.807, 2.05) is 0 Å². The van der Waals surface area contributed by atoms with Gasteiger partial charge in [-0.05, 0) is 30.5 Å². The summed E-state index contributed by atoms with van der Waals surface area (Å²) in [6.45, 7) is 0.572. The molecule has 112 valence electrons. The molecule has 1 N–H and O–H groups in total. The van der Waals surface area contributed by atoms with Gasteiger partial charge in [0.1, 0.15) is 0 Å². The van der Waals surface area contributed by atoms with Gasteiger partial charge in [-0.1, -0.05) is 25.0 Å². The predicted octanol–water partition coefficient (Wildman–Crippen LogP) is 3.75. The van der Waals surface area contributed by atoms with E-state index in [-0.39, 0.29) is 12.1 Å². The van der Waals surface area contributed by atoms with Gasteiger partial charge < -0.3 is 10.1 Å². The molecule has 0 amide bonds. The first-order valence-electron chi connectivity index (χ1n) is 6.93. The summed E-state index contributed by atoms with van der Waals surface area (Å²) >= 11 is 0. The minimum absolute atomic E-state index is 0.207. The van der Waals surface area contributed by atoms with E-state index in [2.05, 4.69) is 5.32 Å². The SMILES string of the molecule is COC1CCCCC1NCc1ccc(C(F)(F)F)cc1. The van der Waals surface area contributed by atoms with Gasteiger partial charge in [0, 0.05) is 19.7 Å². The van der Waals surface area contributed by atoms with Gasteiger partial charge in [-0.25, -0.2) is 0 Å². The number of halogens is 3. The van der Waals surface area contributed by atoms with Crippen molar-refractivity contribution >= 4 is 0 Å². The smallest absolute Gasteiger partial charge is 0.380 e. The lowest BCUT2D eigenvalue weighted by Gasteiger charge is -2.31. The number of nitrogens with one attached hydrogen (secondary N) is 1. The van der Waals surface area contributed by atoms with E-state index in [4.69, 9.17) is 4.74 Å². The summed E-state index contributed by atoms with van der Waals surface area (Å²) in [5.41, 5.74) is 0.257. The van der Waals surface area contributed by atoms with Crippen molar-refractivity contribution in [2.45, 2.75) is 50.6 Å². The standard InChI is InChI=1S/C15H20F3NO/c1-20-14-5-3-2-4-13(14)19-10-11-6-8-12(9-7-11)15(16,17)18/h6-9,13-14,19H,2-5,10H2,1H3. The first-order chi connectivity index (χ1) is 9.50. The van der Waals surface area contributed by atoms with Crippen LogP contribution in [0.4, 0.5) is 13.2 Å². The zero-order valence-corrected chi connectivity index (χ0v) is 11.5. The zero-order valence-electron chi connectivity index (χ0n) is 11.5. The Bertz CT molecular complexity index is 416. The highest BCUT2D eigenvalue weighted by molar-refractivity contribution is 5.24. The van der Waals surface area contributed by atoms with Crippen molar-refractivity contribution in [1.82, 2.24) is 5.32 Å². The molecular formula is C15H20F3NO. The quantitative estimate of drug-likeness (QED) is 0.910. The topological polar surface area (TPSA) is 21.3 Å². The van der Waals surface area contributed by atoms with E-state index in [1.165, 1.54) is 25.0 Å². The highest BCUT2D eigenvalue weighted by Crippen LogP contribution is 2.29. The summed E-state index contributed by atoms with van der Waals surface area (Å²) in [5, 5.41) is 3.39. The fourth-order valence-electron chi connectivity index (χ4n) is 2.67. The van der Waals surface area contributed by atoms with Gasteiger partial charge in [0.25, 0.3) is 0 Å². The Balaban J connectivity index is 1.90. The van der Waals surface area contributed by atoms with E-state index in [9.17, 15) is 13.2 Å². The zero-order chi connectivity index (χ0) is 14.6. The predicted molar refractivity (Wildman–Crippen MR) is 71.3 cm³/mol. The Morgan fingerprint density at radius 3 is 2.40 bits per heavy atom. The first kappa shape index (κ1) is 15.3. The molecule has 0 spiro atoms. The average molecular weight is 287 g/mol. The second-order valence-electron chi connectivity index (χ2n) is 5.24. The lowest BCUT2D eigenvalue weighted by atomic mass is 9.92. The highest BCUT2D eigenvalue weighted by Gasteiger charge is 2.30. The van der Waals surface area contributed by atoms with E-state index in [1.54, 1.807) is 7.11 Å². The lowest BCUT2D eigenvalue weighted by Crippen LogP contribution is -2.42. The molecule has 0 saturated heterocycles. The van der Waals surface area contributed by atoms with Gasteiger partial charge in [-0.2, -0.15) is 13.2 Å². The van der Waals surface area contributed by atoms with Crippen molar-refractivity contribution in [3.8, 4) is 0 Å². The van der Waals surface area contributed by atoms with Crippen LogP contribution in [0.2, 0.25) is 0 Å². The molecule has 5 heteroatoms. The van der Waals surface area contributed by atoms with Crippen molar-refractivity contribution in [3.63, 3.8) is 0 Å². The van der Waals surface area contributed by atoms with E-state index < -0.39 is 11.7 Å². The Hall–Kier alpha value is -1.07. The van der Waals surface area contributed by atoms with Crippen molar-refractivity contribution < 1.29 is 17.9 Å². The molecule has 2 rings (SSSR count). The molecule has 2 unspecified atom stereocenters. The van der Waals surface area contributed by atoms with Crippen LogP contribution in [-0.2, 0) is 17.5 Å². The maximum absolute atomic E-state index is 12.5. The molecule has 0 radical (unpaired) electrons. The third-order valence-electron chi connectivity index (χ3n) is 3.85. The number of hydrogen-bond acceptors (Lipinski definition) is 2. The van der Waals surface area contributed by atoms with Crippen LogP contribution >= 0.6 is 0 Å². The molecule has 2 nitrogen and oxygen atoms in total. The van der Waals surface area contributed by atoms with Crippen LogP contribution in [0.5, 0.6) is 0 Å². The number of ether oxygens (including phenoxy) is 1. The second kappa shape index (κ2) is 6.59. The summed E-state index contributed by atoms with van der Waals surface area (Å²) in [4.78, 5) is 0. The summed E-state index contributed by atoms with van der Waals surface area (Å²) in [6, 6.07) is 5.61. The molecule has 2 atom stereocenters. The summed E-state index contributed by atoms with van der Waals surface area (Å²) < 4.78 is 42.8. The molecule has 1 aromatic carbocycles. The maximum Gasteiger partial charge on any atom is 0.416 e. The maximum atomic E-state index is 12.5. The van der Waals surface area contributed by atoms with Crippen LogP contribution in [0.25, 0.3) is 0 Å². The molecule has 0 heterocycles. The van der Waals surface area contributed by atoms with Gasteiger partial charge in [-0.3, -0.25) is 0 Å². The van der Waals surface area contributed by atoms with Gasteiger partial charge in [-0.15, -0.1) is 0 Å². The Morgan fingerprint density at radius 2 is 1.80 bits per heavy atom. The molecule has 1 fully saturated rings. The average Bonchev–Trinajstić information content (AvgIpc) is 2.45. The van der Waals surface area contributed by atoms with E-state index in [0.717, 1.165) is 30.5 Å². The van der Waals surface area contributed by atoms with Crippen molar-refractivity contribution in [1.29, 1.82) is 0 Å². The van der Waals surface area contributed by atoms with Gasteiger partial charge in [0.15, 0.2) is 0 Å². The van der Waals surface area contributed by atoms with Crippen LogP contribution in [0.3, 0.4) is 0 Å². The summed E-state index contributed by atoms with van der Waals surface area (Å²) in [7, 11) is 1.71. The largest absolute Gasteiger partial charge is 0.416 e.